The summed E-state index contributed by atoms with van der Waals surface area (Å²) in [4.78, 5) is 21.3. The van der Waals surface area contributed by atoms with Gasteiger partial charge in [0.1, 0.15) is 42.1 Å². The van der Waals surface area contributed by atoms with Crippen LogP contribution in [0.15, 0.2) is 96.1 Å². The van der Waals surface area contributed by atoms with E-state index in [1.54, 1.807) is 28.9 Å². The lowest BCUT2D eigenvalue weighted by Gasteiger charge is -2.28. The first kappa shape index (κ1) is 27.7. The molecular formula is C30H28FN5O5. The lowest BCUT2D eigenvalue weighted by Crippen LogP contribution is -2.33. The highest BCUT2D eigenvalue weighted by Gasteiger charge is 2.31. The van der Waals surface area contributed by atoms with Crippen LogP contribution < -0.4 is 5.32 Å². The number of ether oxygens (including phenoxy) is 2. The quantitative estimate of drug-likeness (QED) is 0.239. The molecule has 0 radical (unpaired) electrons. The van der Waals surface area contributed by atoms with Crippen LogP contribution in [0.25, 0.3) is 10.9 Å². The molecule has 4 aromatic rings. The molecule has 210 valence electrons. The summed E-state index contributed by atoms with van der Waals surface area (Å²) in [5.41, 5.74) is 3.34. The lowest BCUT2D eigenvalue weighted by molar-refractivity contribution is 0.0434. The predicted molar refractivity (Wildman–Crippen MR) is 151 cm³/mol. The molecular weight excluding hydrogens is 529 g/mol. The number of pyridine rings is 1. The number of nitrogens with zero attached hydrogens (tertiary/aromatic N) is 4. The third kappa shape index (κ3) is 5.86. The zero-order valence-electron chi connectivity index (χ0n) is 22.0. The summed E-state index contributed by atoms with van der Waals surface area (Å²) in [5, 5.41) is 27.3. The fraction of sp³-hybridized carbons (Fsp3) is 0.200. The van der Waals surface area contributed by atoms with Gasteiger partial charge in [-0.05, 0) is 18.2 Å². The van der Waals surface area contributed by atoms with Crippen LogP contribution in [-0.2, 0) is 16.0 Å². The van der Waals surface area contributed by atoms with Crippen molar-refractivity contribution in [3.05, 3.63) is 114 Å². The van der Waals surface area contributed by atoms with Crippen molar-refractivity contribution in [3.63, 3.8) is 0 Å². The smallest absolute Gasteiger partial charge is 0.341 e. The Bertz CT molecular complexity index is 1650. The first-order chi connectivity index (χ1) is 20.0. The minimum Gasteiger partial charge on any atom is -0.491 e. The molecule has 1 aliphatic heterocycles. The lowest BCUT2D eigenvalue weighted by atomic mass is 9.95. The number of esters is 1. The summed E-state index contributed by atoms with van der Waals surface area (Å²) in [6.07, 6.45) is 4.40. The van der Waals surface area contributed by atoms with Crippen molar-refractivity contribution in [2.24, 2.45) is 4.99 Å². The fourth-order valence-corrected chi connectivity index (χ4v) is 4.52. The van der Waals surface area contributed by atoms with E-state index in [1.165, 1.54) is 24.7 Å². The van der Waals surface area contributed by atoms with Crippen molar-refractivity contribution in [2.45, 2.75) is 12.6 Å². The highest BCUT2D eigenvalue weighted by Crippen LogP contribution is 2.30. The Morgan fingerprint density at radius 1 is 1.07 bits per heavy atom. The Morgan fingerprint density at radius 3 is 2.66 bits per heavy atom. The first-order valence-electron chi connectivity index (χ1n) is 12.9. The number of aromatic nitrogens is 3. The molecule has 1 aliphatic rings. The zero-order chi connectivity index (χ0) is 28.8. The average Bonchev–Trinajstić information content (AvgIpc) is 3.35. The maximum atomic E-state index is 14.5. The first-order valence-corrected chi connectivity index (χ1v) is 12.9. The molecule has 0 bridgehead atoms. The number of para-hydroxylation sites is 1. The van der Waals surface area contributed by atoms with Gasteiger partial charge in [-0.15, -0.1) is 0 Å². The number of aliphatic hydroxyl groups is 2. The van der Waals surface area contributed by atoms with Crippen LogP contribution in [-0.4, -0.2) is 69.1 Å². The van der Waals surface area contributed by atoms with Crippen molar-refractivity contribution in [2.75, 3.05) is 31.7 Å². The Balaban J connectivity index is 1.53. The highest BCUT2D eigenvalue weighted by atomic mass is 19.1. The molecule has 0 amide bonds. The third-order valence-corrected chi connectivity index (χ3v) is 6.44. The molecule has 3 heterocycles. The summed E-state index contributed by atoms with van der Waals surface area (Å²) in [7, 11) is 0. The van der Waals surface area contributed by atoms with Crippen molar-refractivity contribution in [1.29, 1.82) is 0 Å². The second-order valence-electron chi connectivity index (χ2n) is 9.08. The summed E-state index contributed by atoms with van der Waals surface area (Å²) in [6, 6.07) is 15.0. The van der Waals surface area contributed by atoms with E-state index in [0.717, 1.165) is 10.9 Å². The normalized spacial score (nSPS) is 14.9. The summed E-state index contributed by atoms with van der Waals surface area (Å²) in [6.45, 7) is 3.84. The summed E-state index contributed by atoms with van der Waals surface area (Å²) < 4.78 is 27.1. The SMILES string of the molecule is C=C1C(c2nn(Cc3ccccc3F)c3ccccc23)=NC=C(OCCO)C1Nc1ccncc1C(=O)OCCO. The number of aliphatic imine (C=N–C) groups is 1. The molecule has 3 N–H and O–H groups in total. The average molecular weight is 558 g/mol. The van der Waals surface area contributed by atoms with Crippen LogP contribution in [0.2, 0.25) is 0 Å². The second kappa shape index (κ2) is 12.5. The third-order valence-electron chi connectivity index (χ3n) is 6.44. The molecule has 11 heteroatoms. The number of nitrogens with one attached hydrogen (secondary N) is 1. The van der Waals surface area contributed by atoms with E-state index in [2.05, 4.69) is 21.9 Å². The van der Waals surface area contributed by atoms with Gasteiger partial charge in [0.2, 0.25) is 0 Å². The number of carbonyl (C=O) groups excluding carboxylic acids is 1. The number of hydrogen-bond donors (Lipinski definition) is 3. The number of halogens is 1. The molecule has 10 nitrogen and oxygen atoms in total. The zero-order valence-corrected chi connectivity index (χ0v) is 22.0. The van der Waals surface area contributed by atoms with E-state index in [4.69, 9.17) is 19.7 Å². The van der Waals surface area contributed by atoms with Crippen LogP contribution in [0.4, 0.5) is 10.1 Å². The number of hydrogen-bond acceptors (Lipinski definition) is 9. The molecule has 2 aromatic heterocycles. The van der Waals surface area contributed by atoms with Gasteiger partial charge in [-0.3, -0.25) is 14.7 Å². The van der Waals surface area contributed by atoms with Crippen LogP contribution in [0.1, 0.15) is 21.6 Å². The van der Waals surface area contributed by atoms with E-state index >= 15 is 0 Å². The standard InChI is InChI=1S/C30H28FN5O5/c1-19-27(34-24-10-11-32-16-22(24)30(39)41-15-13-38)26(40-14-12-37)17-33-28(19)29-21-7-3-5-9-25(21)36(35-29)18-20-6-2-4-8-23(20)31/h2-11,16-17,27,37-38H,1,12-15,18H2,(H,32,34). The van der Waals surface area contributed by atoms with Crippen molar-refractivity contribution in [3.8, 4) is 0 Å². The van der Waals surface area contributed by atoms with Gasteiger partial charge in [0.05, 0.1) is 42.9 Å². The van der Waals surface area contributed by atoms with Crippen molar-refractivity contribution < 1.29 is 28.9 Å². The van der Waals surface area contributed by atoms with Crippen molar-refractivity contribution in [1.82, 2.24) is 14.8 Å². The number of aliphatic hydroxyl groups excluding tert-OH is 2. The summed E-state index contributed by atoms with van der Waals surface area (Å²) >= 11 is 0. The van der Waals surface area contributed by atoms with Gasteiger partial charge < -0.3 is 25.0 Å². The maximum absolute atomic E-state index is 14.5. The van der Waals surface area contributed by atoms with E-state index < -0.39 is 12.0 Å². The highest BCUT2D eigenvalue weighted by molar-refractivity contribution is 6.19. The molecule has 0 spiro atoms. The van der Waals surface area contributed by atoms with E-state index in [9.17, 15) is 14.3 Å². The largest absolute Gasteiger partial charge is 0.491 e. The van der Waals surface area contributed by atoms with Crippen LogP contribution in [0, 0.1) is 5.82 Å². The molecule has 5 rings (SSSR count). The minimum absolute atomic E-state index is 0.0179. The minimum atomic E-state index is -0.698. The molecule has 0 aliphatic carbocycles. The Morgan fingerprint density at radius 2 is 1.85 bits per heavy atom. The predicted octanol–water partition coefficient (Wildman–Crippen LogP) is 3.46. The number of anilines is 1. The second-order valence-corrected chi connectivity index (χ2v) is 9.08. The molecule has 1 atom stereocenters. The number of fused-ring (bicyclic) bond motifs is 1. The van der Waals surface area contributed by atoms with Gasteiger partial charge in [0, 0.05) is 28.9 Å². The Kier molecular flexibility index (Phi) is 8.47. The molecule has 0 saturated carbocycles. The van der Waals surface area contributed by atoms with Gasteiger partial charge in [0.25, 0.3) is 0 Å². The van der Waals surface area contributed by atoms with Gasteiger partial charge in [0.15, 0.2) is 0 Å². The fourth-order valence-electron chi connectivity index (χ4n) is 4.52. The summed E-state index contributed by atoms with van der Waals surface area (Å²) in [5.74, 6) is -0.615. The van der Waals surface area contributed by atoms with Crippen molar-refractivity contribution >= 4 is 28.3 Å². The van der Waals surface area contributed by atoms with Gasteiger partial charge in [-0.1, -0.05) is 43.0 Å². The van der Waals surface area contributed by atoms with Crippen LogP contribution in [0.3, 0.4) is 0 Å². The molecule has 0 saturated heterocycles. The molecule has 41 heavy (non-hydrogen) atoms. The Labute approximate surface area is 235 Å². The van der Waals surface area contributed by atoms with Gasteiger partial charge in [-0.2, -0.15) is 5.10 Å². The Hall–Kier alpha value is -4.87. The van der Waals surface area contributed by atoms with Crippen LogP contribution >= 0.6 is 0 Å². The maximum Gasteiger partial charge on any atom is 0.341 e. The number of carbonyl (C=O) groups is 1. The topological polar surface area (TPSA) is 131 Å². The van der Waals surface area contributed by atoms with E-state index in [-0.39, 0.29) is 44.4 Å². The molecule has 0 fully saturated rings. The number of rotatable bonds is 11. The molecule has 1 unspecified atom stereocenters. The van der Waals surface area contributed by atoms with Crippen LogP contribution in [0.5, 0.6) is 0 Å². The number of benzene rings is 2. The monoisotopic (exact) mass is 557 g/mol. The van der Waals surface area contributed by atoms with Gasteiger partial charge in [-0.25, -0.2) is 9.18 Å². The molecule has 2 aromatic carbocycles. The van der Waals surface area contributed by atoms with Gasteiger partial charge >= 0.3 is 5.97 Å². The van der Waals surface area contributed by atoms with E-state index in [1.807, 2.05) is 24.3 Å². The van der Waals surface area contributed by atoms with E-state index in [0.29, 0.717) is 34.0 Å².